The van der Waals surface area contributed by atoms with Crippen molar-refractivity contribution in [3.8, 4) is 5.75 Å². The summed E-state index contributed by atoms with van der Waals surface area (Å²) in [5.74, 6) is 1.70. The lowest BCUT2D eigenvalue weighted by atomic mass is 9.80. The van der Waals surface area contributed by atoms with Gasteiger partial charge in [0, 0.05) is 12.5 Å². The Balaban J connectivity index is 1.49. The van der Waals surface area contributed by atoms with Crippen molar-refractivity contribution in [2.45, 2.75) is 37.6 Å². The van der Waals surface area contributed by atoms with Gasteiger partial charge >= 0.3 is 0 Å². The fourth-order valence-corrected chi connectivity index (χ4v) is 2.74. The van der Waals surface area contributed by atoms with Gasteiger partial charge in [-0.15, -0.1) is 0 Å². The van der Waals surface area contributed by atoms with Crippen LogP contribution in [0.25, 0.3) is 0 Å². The summed E-state index contributed by atoms with van der Waals surface area (Å²) < 4.78 is 5.71. The third kappa shape index (κ3) is 3.64. The lowest BCUT2D eigenvalue weighted by Gasteiger charge is -2.26. The Morgan fingerprint density at radius 3 is 2.33 bits per heavy atom. The SMILES string of the molecule is NC(CCOc1ccccc1)c1ccc(C2CCC2)cc1. The maximum atomic E-state index is 6.25. The second kappa shape index (κ2) is 6.77. The van der Waals surface area contributed by atoms with E-state index in [9.17, 15) is 0 Å². The molecule has 2 heteroatoms. The zero-order chi connectivity index (χ0) is 14.5. The number of ether oxygens (including phenoxy) is 1. The van der Waals surface area contributed by atoms with E-state index in [1.54, 1.807) is 0 Å². The highest BCUT2D eigenvalue weighted by Crippen LogP contribution is 2.36. The molecule has 0 aliphatic heterocycles. The molecule has 1 saturated carbocycles. The monoisotopic (exact) mass is 281 g/mol. The summed E-state index contributed by atoms with van der Waals surface area (Å²) >= 11 is 0. The first kappa shape index (κ1) is 14.2. The molecule has 0 bridgehead atoms. The molecule has 3 rings (SSSR count). The van der Waals surface area contributed by atoms with Crippen LogP contribution in [0.5, 0.6) is 5.75 Å². The normalized spacial score (nSPS) is 16.2. The Bertz CT molecular complexity index is 546. The smallest absolute Gasteiger partial charge is 0.119 e. The highest BCUT2D eigenvalue weighted by molar-refractivity contribution is 5.28. The highest BCUT2D eigenvalue weighted by atomic mass is 16.5. The van der Waals surface area contributed by atoms with Gasteiger partial charge in [-0.25, -0.2) is 0 Å². The molecule has 1 aliphatic carbocycles. The van der Waals surface area contributed by atoms with Crippen molar-refractivity contribution >= 4 is 0 Å². The highest BCUT2D eigenvalue weighted by Gasteiger charge is 2.19. The van der Waals surface area contributed by atoms with E-state index in [2.05, 4.69) is 24.3 Å². The fraction of sp³-hybridized carbons (Fsp3) is 0.368. The Morgan fingerprint density at radius 1 is 1.00 bits per heavy atom. The maximum absolute atomic E-state index is 6.25. The van der Waals surface area contributed by atoms with Gasteiger partial charge < -0.3 is 10.5 Å². The molecule has 0 heterocycles. The minimum absolute atomic E-state index is 0.0455. The average Bonchev–Trinajstić information content (AvgIpc) is 2.47. The molecule has 2 nitrogen and oxygen atoms in total. The zero-order valence-corrected chi connectivity index (χ0v) is 12.4. The van der Waals surface area contributed by atoms with E-state index in [1.165, 1.54) is 30.4 Å². The summed E-state index contributed by atoms with van der Waals surface area (Å²) in [5, 5.41) is 0. The van der Waals surface area contributed by atoms with E-state index in [-0.39, 0.29) is 6.04 Å². The predicted octanol–water partition coefficient (Wildman–Crippen LogP) is 4.42. The van der Waals surface area contributed by atoms with Crippen LogP contribution in [0.4, 0.5) is 0 Å². The van der Waals surface area contributed by atoms with Crippen molar-refractivity contribution in [1.29, 1.82) is 0 Å². The predicted molar refractivity (Wildman–Crippen MR) is 86.5 cm³/mol. The quantitative estimate of drug-likeness (QED) is 0.850. The summed E-state index contributed by atoms with van der Waals surface area (Å²) in [6.45, 7) is 0.648. The molecule has 21 heavy (non-hydrogen) atoms. The second-order valence-electron chi connectivity index (χ2n) is 5.85. The molecule has 0 aromatic heterocycles. The molecule has 0 spiro atoms. The molecule has 2 aromatic rings. The van der Waals surface area contributed by atoms with Crippen molar-refractivity contribution in [3.05, 3.63) is 65.7 Å². The van der Waals surface area contributed by atoms with Crippen molar-refractivity contribution in [1.82, 2.24) is 0 Å². The number of hydrogen-bond donors (Lipinski definition) is 1. The van der Waals surface area contributed by atoms with Gasteiger partial charge in [0.1, 0.15) is 5.75 Å². The summed E-state index contributed by atoms with van der Waals surface area (Å²) in [7, 11) is 0. The molecule has 0 saturated heterocycles. The van der Waals surface area contributed by atoms with E-state index >= 15 is 0 Å². The third-order valence-corrected chi connectivity index (χ3v) is 4.38. The first-order chi connectivity index (χ1) is 10.3. The van der Waals surface area contributed by atoms with Crippen LogP contribution in [0, 0.1) is 0 Å². The molecule has 1 fully saturated rings. The van der Waals surface area contributed by atoms with Crippen molar-refractivity contribution in [2.75, 3.05) is 6.61 Å². The second-order valence-corrected chi connectivity index (χ2v) is 5.85. The Morgan fingerprint density at radius 2 is 1.71 bits per heavy atom. The molecule has 1 aliphatic rings. The molecule has 1 atom stereocenters. The molecule has 0 amide bonds. The maximum Gasteiger partial charge on any atom is 0.119 e. The summed E-state index contributed by atoms with van der Waals surface area (Å²) in [6.07, 6.45) is 4.90. The third-order valence-electron chi connectivity index (χ3n) is 4.38. The molecule has 110 valence electrons. The Labute approximate surface area is 126 Å². The molecular formula is C19H23NO. The van der Waals surface area contributed by atoms with Crippen molar-refractivity contribution < 1.29 is 4.74 Å². The lowest BCUT2D eigenvalue weighted by molar-refractivity contribution is 0.298. The van der Waals surface area contributed by atoms with Gasteiger partial charge in [-0.1, -0.05) is 48.9 Å². The van der Waals surface area contributed by atoms with Crippen LogP contribution in [0.3, 0.4) is 0 Å². The van der Waals surface area contributed by atoms with E-state index in [4.69, 9.17) is 10.5 Å². The summed E-state index contributed by atoms with van der Waals surface area (Å²) in [6, 6.07) is 18.8. The van der Waals surface area contributed by atoms with Crippen LogP contribution < -0.4 is 10.5 Å². The van der Waals surface area contributed by atoms with Gasteiger partial charge in [-0.2, -0.15) is 0 Å². The van der Waals surface area contributed by atoms with E-state index in [0.29, 0.717) is 6.61 Å². The minimum Gasteiger partial charge on any atom is -0.494 e. The summed E-state index contributed by atoms with van der Waals surface area (Å²) in [4.78, 5) is 0. The molecule has 2 N–H and O–H groups in total. The Hall–Kier alpha value is -1.80. The van der Waals surface area contributed by atoms with Gasteiger partial charge in [0.05, 0.1) is 6.61 Å². The van der Waals surface area contributed by atoms with Crippen LogP contribution in [0.15, 0.2) is 54.6 Å². The van der Waals surface area contributed by atoms with Gasteiger partial charge in [0.2, 0.25) is 0 Å². The zero-order valence-electron chi connectivity index (χ0n) is 12.4. The first-order valence-electron chi connectivity index (χ1n) is 7.86. The van der Waals surface area contributed by atoms with Gasteiger partial charge in [-0.3, -0.25) is 0 Å². The Kier molecular flexibility index (Phi) is 4.56. The molecule has 1 unspecified atom stereocenters. The molecule has 0 radical (unpaired) electrons. The van der Waals surface area contributed by atoms with E-state index in [0.717, 1.165) is 18.1 Å². The lowest BCUT2D eigenvalue weighted by Crippen LogP contribution is -2.15. The van der Waals surface area contributed by atoms with Gasteiger partial charge in [0.25, 0.3) is 0 Å². The minimum atomic E-state index is 0.0455. The number of hydrogen-bond acceptors (Lipinski definition) is 2. The number of rotatable bonds is 6. The average molecular weight is 281 g/mol. The van der Waals surface area contributed by atoms with Crippen LogP contribution in [0.1, 0.15) is 48.8 Å². The van der Waals surface area contributed by atoms with Crippen molar-refractivity contribution in [2.24, 2.45) is 5.73 Å². The van der Waals surface area contributed by atoms with E-state index < -0.39 is 0 Å². The van der Waals surface area contributed by atoms with Crippen LogP contribution >= 0.6 is 0 Å². The van der Waals surface area contributed by atoms with Crippen LogP contribution in [0.2, 0.25) is 0 Å². The van der Waals surface area contributed by atoms with Gasteiger partial charge in [0.15, 0.2) is 0 Å². The topological polar surface area (TPSA) is 35.2 Å². The standard InChI is InChI=1S/C19H23NO/c20-19(13-14-21-18-7-2-1-3-8-18)17-11-9-16(10-12-17)15-5-4-6-15/h1-3,7-12,15,19H,4-6,13-14,20H2. The molecule has 2 aromatic carbocycles. The number of benzene rings is 2. The van der Waals surface area contributed by atoms with Crippen LogP contribution in [-0.2, 0) is 0 Å². The van der Waals surface area contributed by atoms with E-state index in [1.807, 2.05) is 30.3 Å². The fourth-order valence-electron chi connectivity index (χ4n) is 2.74. The summed E-state index contributed by atoms with van der Waals surface area (Å²) in [5.41, 5.74) is 8.93. The van der Waals surface area contributed by atoms with Crippen LogP contribution in [-0.4, -0.2) is 6.61 Å². The van der Waals surface area contributed by atoms with Gasteiger partial charge in [-0.05, 0) is 42.0 Å². The molecular weight excluding hydrogens is 258 g/mol. The number of nitrogens with two attached hydrogens (primary N) is 1. The number of para-hydroxylation sites is 1. The van der Waals surface area contributed by atoms with Crippen molar-refractivity contribution in [3.63, 3.8) is 0 Å². The largest absolute Gasteiger partial charge is 0.494 e. The first-order valence-corrected chi connectivity index (χ1v) is 7.86.